The molecule has 1 heterocycles. The molecule has 1 aliphatic rings. The molecule has 1 aromatic rings. The molecular formula is C19H26N2O5. The van der Waals surface area contributed by atoms with Gasteiger partial charge in [-0.25, -0.2) is 9.59 Å². The highest BCUT2D eigenvalue weighted by Crippen LogP contribution is 2.35. The Labute approximate surface area is 153 Å². The van der Waals surface area contributed by atoms with Gasteiger partial charge in [-0.05, 0) is 37.5 Å². The summed E-state index contributed by atoms with van der Waals surface area (Å²) in [4.78, 5) is 24.9. The van der Waals surface area contributed by atoms with Gasteiger partial charge in [-0.1, -0.05) is 19.9 Å². The van der Waals surface area contributed by atoms with E-state index in [2.05, 4.69) is 10.6 Å². The molecule has 7 heteroatoms. The highest BCUT2D eigenvalue weighted by molar-refractivity contribution is 5.95. The summed E-state index contributed by atoms with van der Waals surface area (Å²) in [6.45, 7) is 7.39. The monoisotopic (exact) mass is 362 g/mol. The van der Waals surface area contributed by atoms with Crippen LogP contribution in [0.1, 0.15) is 39.3 Å². The first kappa shape index (κ1) is 19.6. The van der Waals surface area contributed by atoms with Crippen molar-refractivity contribution in [2.45, 2.75) is 39.8 Å². The van der Waals surface area contributed by atoms with Crippen molar-refractivity contribution in [3.63, 3.8) is 0 Å². The van der Waals surface area contributed by atoms with Gasteiger partial charge in [-0.15, -0.1) is 0 Å². The van der Waals surface area contributed by atoms with Crippen molar-refractivity contribution in [2.24, 2.45) is 5.92 Å². The molecule has 2 N–H and O–H groups in total. The van der Waals surface area contributed by atoms with Gasteiger partial charge in [0.15, 0.2) is 11.5 Å². The van der Waals surface area contributed by atoms with Gasteiger partial charge in [-0.3, -0.25) is 0 Å². The minimum Gasteiger partial charge on any atom is -0.493 e. The van der Waals surface area contributed by atoms with Gasteiger partial charge >= 0.3 is 12.0 Å². The molecular weight excluding hydrogens is 336 g/mol. The van der Waals surface area contributed by atoms with Crippen LogP contribution in [0.5, 0.6) is 11.5 Å². The molecule has 1 atom stereocenters. The molecule has 0 fully saturated rings. The minimum absolute atomic E-state index is 0.0570. The van der Waals surface area contributed by atoms with Crippen LogP contribution >= 0.6 is 0 Å². The maximum atomic E-state index is 12.8. The standard InChI is InChI=1S/C19H26N2O5/c1-10(2)16-15(18(22)26-11(3)4)17(21-19(23)20-16)12-7-8-13(24-5)14(9-12)25-6/h7-11,17H,1-6H3,(H2,20,21,23). The average molecular weight is 362 g/mol. The number of amides is 2. The quantitative estimate of drug-likeness (QED) is 0.760. The number of esters is 1. The number of carbonyl (C=O) groups excluding carboxylic acids is 2. The summed E-state index contributed by atoms with van der Waals surface area (Å²) in [5.74, 6) is 0.561. The predicted octanol–water partition coefficient (Wildman–Crippen LogP) is 2.92. The van der Waals surface area contributed by atoms with Gasteiger partial charge < -0.3 is 24.8 Å². The highest BCUT2D eigenvalue weighted by Gasteiger charge is 2.35. The first-order valence-electron chi connectivity index (χ1n) is 8.52. The van der Waals surface area contributed by atoms with E-state index in [0.717, 1.165) is 0 Å². The normalized spacial score (nSPS) is 17.1. The van der Waals surface area contributed by atoms with Crippen LogP contribution in [0.3, 0.4) is 0 Å². The van der Waals surface area contributed by atoms with Crippen LogP contribution in [-0.4, -0.2) is 32.3 Å². The number of hydrogen-bond acceptors (Lipinski definition) is 5. The zero-order chi connectivity index (χ0) is 19.4. The maximum absolute atomic E-state index is 12.8. The second kappa shape index (κ2) is 8.12. The van der Waals surface area contributed by atoms with Crippen LogP contribution in [-0.2, 0) is 9.53 Å². The van der Waals surface area contributed by atoms with Gasteiger partial charge in [-0.2, -0.15) is 0 Å². The van der Waals surface area contributed by atoms with Crippen LogP contribution in [0, 0.1) is 5.92 Å². The van der Waals surface area contributed by atoms with Crippen LogP contribution in [0.15, 0.2) is 29.5 Å². The van der Waals surface area contributed by atoms with Crippen molar-refractivity contribution in [1.29, 1.82) is 0 Å². The van der Waals surface area contributed by atoms with Crippen LogP contribution < -0.4 is 20.1 Å². The lowest BCUT2D eigenvalue weighted by molar-refractivity contribution is -0.143. The van der Waals surface area contributed by atoms with E-state index in [4.69, 9.17) is 14.2 Å². The fraction of sp³-hybridized carbons (Fsp3) is 0.474. The van der Waals surface area contributed by atoms with Crippen LogP contribution in [0.4, 0.5) is 4.79 Å². The fourth-order valence-electron chi connectivity index (χ4n) is 2.83. The van der Waals surface area contributed by atoms with Gasteiger partial charge in [0.2, 0.25) is 0 Å². The van der Waals surface area contributed by atoms with Crippen molar-refractivity contribution in [2.75, 3.05) is 14.2 Å². The minimum atomic E-state index is -0.646. The molecule has 0 saturated carbocycles. The molecule has 0 spiro atoms. The zero-order valence-electron chi connectivity index (χ0n) is 16.0. The summed E-state index contributed by atoms with van der Waals surface area (Å²) >= 11 is 0. The van der Waals surface area contributed by atoms with Crippen LogP contribution in [0.2, 0.25) is 0 Å². The van der Waals surface area contributed by atoms with Crippen molar-refractivity contribution in [3.05, 3.63) is 35.0 Å². The SMILES string of the molecule is COc1ccc(C2NC(=O)NC(C(C)C)=C2C(=O)OC(C)C)cc1OC. The summed E-state index contributed by atoms with van der Waals surface area (Å²) in [6.07, 6.45) is -0.271. The molecule has 1 aromatic carbocycles. The molecule has 1 aliphatic heterocycles. The van der Waals surface area contributed by atoms with Gasteiger partial charge in [0.1, 0.15) is 0 Å². The summed E-state index contributed by atoms with van der Waals surface area (Å²) < 4.78 is 16.0. The average Bonchev–Trinajstić information content (AvgIpc) is 2.59. The van der Waals surface area contributed by atoms with E-state index in [1.54, 1.807) is 39.2 Å². The summed E-state index contributed by atoms with van der Waals surface area (Å²) in [7, 11) is 3.08. The van der Waals surface area contributed by atoms with Gasteiger partial charge in [0, 0.05) is 5.70 Å². The number of ether oxygens (including phenoxy) is 3. The third-order valence-electron chi connectivity index (χ3n) is 3.98. The summed E-state index contributed by atoms with van der Waals surface area (Å²) in [5, 5.41) is 5.55. The van der Waals surface area contributed by atoms with Crippen molar-refractivity contribution >= 4 is 12.0 Å². The number of rotatable bonds is 6. The van der Waals surface area contributed by atoms with Gasteiger partial charge in [0.05, 0.1) is 31.9 Å². The number of nitrogens with one attached hydrogen (secondary N) is 2. The Hall–Kier alpha value is -2.70. The smallest absolute Gasteiger partial charge is 0.338 e. The van der Waals surface area contributed by atoms with E-state index in [-0.39, 0.29) is 18.1 Å². The Morgan fingerprint density at radius 2 is 1.73 bits per heavy atom. The number of methoxy groups -OCH3 is 2. The third-order valence-corrected chi connectivity index (χ3v) is 3.98. The van der Waals surface area contributed by atoms with Gasteiger partial charge in [0.25, 0.3) is 0 Å². The largest absolute Gasteiger partial charge is 0.493 e. The summed E-state index contributed by atoms with van der Waals surface area (Å²) in [6, 6.07) is 4.26. The molecule has 0 aromatic heterocycles. The summed E-state index contributed by atoms with van der Waals surface area (Å²) in [5.41, 5.74) is 1.64. The Bertz CT molecular complexity index is 725. The predicted molar refractivity (Wildman–Crippen MR) is 97.0 cm³/mol. The molecule has 2 rings (SSSR count). The van der Waals surface area contributed by atoms with Crippen molar-refractivity contribution in [3.8, 4) is 11.5 Å². The Morgan fingerprint density at radius 3 is 2.27 bits per heavy atom. The number of allylic oxidation sites excluding steroid dienone is 1. The maximum Gasteiger partial charge on any atom is 0.338 e. The first-order valence-corrected chi connectivity index (χ1v) is 8.52. The third kappa shape index (κ3) is 4.09. The Balaban J connectivity index is 2.57. The molecule has 1 unspecified atom stereocenters. The number of urea groups is 1. The molecule has 142 valence electrons. The zero-order valence-corrected chi connectivity index (χ0v) is 16.0. The Morgan fingerprint density at radius 1 is 1.08 bits per heavy atom. The first-order chi connectivity index (χ1) is 12.3. The molecule has 0 saturated heterocycles. The molecule has 0 radical (unpaired) electrons. The molecule has 0 bridgehead atoms. The highest BCUT2D eigenvalue weighted by atomic mass is 16.5. The number of carbonyl (C=O) groups is 2. The Kier molecular flexibility index (Phi) is 6.13. The molecule has 26 heavy (non-hydrogen) atoms. The molecule has 7 nitrogen and oxygen atoms in total. The van der Waals surface area contributed by atoms with E-state index in [1.165, 1.54) is 7.11 Å². The lowest BCUT2D eigenvalue weighted by atomic mass is 9.91. The number of benzene rings is 1. The lowest BCUT2D eigenvalue weighted by Gasteiger charge is -2.31. The van der Waals surface area contributed by atoms with E-state index in [9.17, 15) is 9.59 Å². The molecule has 0 aliphatic carbocycles. The van der Waals surface area contributed by atoms with Crippen LogP contribution in [0.25, 0.3) is 0 Å². The second-order valence-electron chi connectivity index (χ2n) is 6.58. The van der Waals surface area contributed by atoms with E-state index < -0.39 is 12.0 Å². The van der Waals surface area contributed by atoms with Crippen molar-refractivity contribution in [1.82, 2.24) is 10.6 Å². The second-order valence-corrected chi connectivity index (χ2v) is 6.58. The lowest BCUT2D eigenvalue weighted by Crippen LogP contribution is -2.47. The van der Waals surface area contributed by atoms with E-state index >= 15 is 0 Å². The van der Waals surface area contributed by atoms with E-state index in [1.807, 2.05) is 13.8 Å². The number of hydrogen-bond donors (Lipinski definition) is 2. The van der Waals surface area contributed by atoms with Crippen molar-refractivity contribution < 1.29 is 23.8 Å². The fourth-order valence-corrected chi connectivity index (χ4v) is 2.83. The molecule has 2 amide bonds. The topological polar surface area (TPSA) is 85.9 Å². The van der Waals surface area contributed by atoms with E-state index in [0.29, 0.717) is 28.3 Å².